The number of hydrogen-bond acceptors (Lipinski definition) is 9. The van der Waals surface area contributed by atoms with E-state index in [0.29, 0.717) is 40.3 Å². The third kappa shape index (κ3) is 4.02. The van der Waals surface area contributed by atoms with Crippen molar-refractivity contribution in [2.75, 3.05) is 13.2 Å². The highest BCUT2D eigenvalue weighted by Crippen LogP contribution is 2.33. The van der Waals surface area contributed by atoms with Crippen molar-refractivity contribution in [3.8, 4) is 34.2 Å². The van der Waals surface area contributed by atoms with Crippen LogP contribution in [-0.2, 0) is 9.47 Å². The summed E-state index contributed by atoms with van der Waals surface area (Å²) in [6, 6.07) is 13.9. The number of hydrogen-bond donors (Lipinski definition) is 2. The van der Waals surface area contributed by atoms with Gasteiger partial charge in [-0.2, -0.15) is 4.98 Å². The molecular formula is C25H20ClN7O4. The predicted octanol–water partition coefficient (Wildman–Crippen LogP) is 2.83. The standard InChI is InChI=1S/C25H20ClN7O4/c26-16-9-17-24(31-25(29-17)37-19-12-36-22-18(34)11-35-23(19)22)30-21(16)14-3-1-13(2-4-14)15-5-6-20(27-10-15)33-8-7-28-32-33/h1-10,18-19,22-23,34H,11-12H2,(H,29,30,31)/t18-,19-,22-,23-/m1/s1. The molecule has 0 unspecified atom stereocenters. The van der Waals surface area contributed by atoms with E-state index in [2.05, 4.69) is 30.2 Å². The minimum atomic E-state index is -0.640. The summed E-state index contributed by atoms with van der Waals surface area (Å²) in [4.78, 5) is 16.7. The smallest absolute Gasteiger partial charge is 0.296 e. The molecule has 1 aromatic carbocycles. The summed E-state index contributed by atoms with van der Waals surface area (Å²) < 4.78 is 18.8. The van der Waals surface area contributed by atoms with Gasteiger partial charge in [0.1, 0.15) is 18.3 Å². The zero-order chi connectivity index (χ0) is 24.9. The van der Waals surface area contributed by atoms with Crippen molar-refractivity contribution in [3.63, 3.8) is 0 Å². The lowest BCUT2D eigenvalue weighted by Crippen LogP contribution is -2.34. The molecule has 0 bridgehead atoms. The molecule has 2 saturated heterocycles. The van der Waals surface area contributed by atoms with Crippen LogP contribution < -0.4 is 4.74 Å². The summed E-state index contributed by atoms with van der Waals surface area (Å²) in [5, 5.41) is 18.2. The van der Waals surface area contributed by atoms with Gasteiger partial charge in [0.25, 0.3) is 6.01 Å². The Balaban J connectivity index is 1.11. The van der Waals surface area contributed by atoms with E-state index in [4.69, 9.17) is 25.8 Å². The second-order valence-electron chi connectivity index (χ2n) is 8.88. The lowest BCUT2D eigenvalue weighted by atomic mass is 10.0. The number of nitrogens with one attached hydrogen (secondary N) is 1. The van der Waals surface area contributed by atoms with E-state index in [9.17, 15) is 5.11 Å². The quantitative estimate of drug-likeness (QED) is 0.361. The van der Waals surface area contributed by atoms with Crippen LogP contribution in [0.4, 0.5) is 0 Å². The number of benzene rings is 1. The van der Waals surface area contributed by atoms with Crippen LogP contribution in [0.2, 0.25) is 5.02 Å². The molecule has 2 N–H and O–H groups in total. The van der Waals surface area contributed by atoms with Gasteiger partial charge < -0.3 is 24.3 Å². The van der Waals surface area contributed by atoms with Crippen LogP contribution in [-0.4, -0.2) is 77.7 Å². The first-order valence-electron chi connectivity index (χ1n) is 11.7. The van der Waals surface area contributed by atoms with E-state index in [0.717, 1.165) is 16.7 Å². The maximum Gasteiger partial charge on any atom is 0.296 e. The van der Waals surface area contributed by atoms with E-state index in [-0.39, 0.29) is 24.9 Å². The summed E-state index contributed by atoms with van der Waals surface area (Å²) in [5.74, 6) is 0.693. The van der Waals surface area contributed by atoms with Crippen LogP contribution >= 0.6 is 11.6 Å². The summed E-state index contributed by atoms with van der Waals surface area (Å²) in [6.45, 7) is 0.549. The van der Waals surface area contributed by atoms with E-state index in [1.165, 1.54) is 0 Å². The number of imidazole rings is 1. The molecule has 186 valence electrons. The van der Waals surface area contributed by atoms with Crippen molar-refractivity contribution >= 4 is 22.8 Å². The lowest BCUT2D eigenvalue weighted by Gasteiger charge is -2.15. The molecule has 0 aliphatic carbocycles. The molecule has 5 aromatic rings. The Labute approximate surface area is 215 Å². The van der Waals surface area contributed by atoms with Gasteiger partial charge in [0.05, 0.1) is 41.8 Å². The summed E-state index contributed by atoms with van der Waals surface area (Å²) >= 11 is 6.59. The number of rotatable bonds is 5. The maximum atomic E-state index is 9.93. The first-order chi connectivity index (χ1) is 18.1. The molecule has 0 spiro atoms. The van der Waals surface area contributed by atoms with Crippen LogP contribution in [0.3, 0.4) is 0 Å². The Morgan fingerprint density at radius 3 is 2.59 bits per heavy atom. The van der Waals surface area contributed by atoms with Gasteiger partial charge in [0, 0.05) is 17.3 Å². The molecule has 4 atom stereocenters. The highest BCUT2D eigenvalue weighted by atomic mass is 35.5. The number of ether oxygens (including phenoxy) is 3. The molecule has 0 amide bonds. The van der Waals surface area contributed by atoms with Crippen LogP contribution in [0, 0.1) is 0 Å². The number of pyridine rings is 2. The largest absolute Gasteiger partial charge is 0.456 e. The van der Waals surface area contributed by atoms with Crippen molar-refractivity contribution in [2.24, 2.45) is 0 Å². The second kappa shape index (κ2) is 8.89. The van der Waals surface area contributed by atoms with Gasteiger partial charge in [-0.05, 0) is 23.8 Å². The molecule has 12 heteroatoms. The van der Waals surface area contributed by atoms with Crippen molar-refractivity contribution < 1.29 is 19.3 Å². The molecule has 37 heavy (non-hydrogen) atoms. The van der Waals surface area contributed by atoms with E-state index >= 15 is 0 Å². The zero-order valence-electron chi connectivity index (χ0n) is 19.2. The van der Waals surface area contributed by atoms with Gasteiger partial charge in [-0.1, -0.05) is 41.1 Å². The van der Waals surface area contributed by atoms with Crippen molar-refractivity contribution in [2.45, 2.75) is 24.4 Å². The number of H-pyrrole nitrogens is 1. The van der Waals surface area contributed by atoms with Crippen LogP contribution in [0.15, 0.2) is 61.1 Å². The number of halogens is 1. The van der Waals surface area contributed by atoms with E-state index in [1.807, 2.05) is 36.4 Å². The SMILES string of the molecule is O[C@@H]1CO[C@H]2[C@@H]1OC[C@H]2Oc1nc2nc(-c3ccc(-c4ccc(-n5ccnn5)nc4)cc3)c(Cl)cc2[nH]1. The Bertz CT molecular complexity index is 1560. The third-order valence-electron chi connectivity index (χ3n) is 6.55. The molecule has 0 radical (unpaired) electrons. The second-order valence-corrected chi connectivity index (χ2v) is 9.29. The molecule has 2 aliphatic heterocycles. The summed E-state index contributed by atoms with van der Waals surface area (Å²) in [5.41, 5.74) is 4.58. The van der Waals surface area contributed by atoms with Gasteiger partial charge >= 0.3 is 0 Å². The third-order valence-corrected chi connectivity index (χ3v) is 6.83. The first kappa shape index (κ1) is 22.3. The Hall–Kier alpha value is -3.90. The van der Waals surface area contributed by atoms with Crippen molar-refractivity contribution in [1.29, 1.82) is 0 Å². The monoisotopic (exact) mass is 517 g/mol. The molecule has 7 rings (SSSR count). The molecule has 2 fully saturated rings. The van der Waals surface area contributed by atoms with Gasteiger partial charge in [0.2, 0.25) is 0 Å². The lowest BCUT2D eigenvalue weighted by molar-refractivity contribution is 0.00706. The van der Waals surface area contributed by atoms with Crippen LogP contribution in [0.1, 0.15) is 0 Å². The summed E-state index contributed by atoms with van der Waals surface area (Å²) in [6.07, 6.45) is 3.43. The molecule has 11 nitrogen and oxygen atoms in total. The number of nitrogens with zero attached hydrogens (tertiary/aromatic N) is 6. The molecule has 2 aliphatic rings. The minimum absolute atomic E-state index is 0.236. The number of aromatic amines is 1. The Morgan fingerprint density at radius 2 is 1.81 bits per heavy atom. The topological polar surface area (TPSA) is 133 Å². The normalized spacial score (nSPS) is 23.0. The minimum Gasteiger partial charge on any atom is -0.456 e. The number of fused-ring (bicyclic) bond motifs is 2. The van der Waals surface area contributed by atoms with Gasteiger partial charge in [-0.15, -0.1) is 5.10 Å². The van der Waals surface area contributed by atoms with E-state index in [1.54, 1.807) is 29.3 Å². The average Bonchev–Trinajstić information content (AvgIpc) is 3.71. The highest BCUT2D eigenvalue weighted by Gasteiger charge is 2.48. The fourth-order valence-electron chi connectivity index (χ4n) is 4.69. The van der Waals surface area contributed by atoms with Gasteiger partial charge in [-0.3, -0.25) is 0 Å². The number of aliphatic hydroxyl groups is 1. The highest BCUT2D eigenvalue weighted by molar-refractivity contribution is 6.33. The number of aliphatic hydroxyl groups excluding tert-OH is 1. The predicted molar refractivity (Wildman–Crippen MR) is 132 cm³/mol. The summed E-state index contributed by atoms with van der Waals surface area (Å²) in [7, 11) is 0. The van der Waals surface area contributed by atoms with Crippen molar-refractivity contribution in [3.05, 3.63) is 66.1 Å². The molecular weight excluding hydrogens is 498 g/mol. The number of aromatic nitrogens is 7. The fourth-order valence-corrected chi connectivity index (χ4v) is 4.95. The Morgan fingerprint density at radius 1 is 1.00 bits per heavy atom. The average molecular weight is 518 g/mol. The maximum absolute atomic E-state index is 9.93. The molecule has 0 saturated carbocycles. The molecule has 6 heterocycles. The Kier molecular flexibility index (Phi) is 5.36. The van der Waals surface area contributed by atoms with Gasteiger partial charge in [0.15, 0.2) is 17.6 Å². The van der Waals surface area contributed by atoms with Crippen LogP contribution in [0.25, 0.3) is 39.4 Å². The van der Waals surface area contributed by atoms with Crippen molar-refractivity contribution in [1.82, 2.24) is 34.9 Å². The first-order valence-corrected chi connectivity index (χ1v) is 12.1. The zero-order valence-corrected chi connectivity index (χ0v) is 20.0. The van der Waals surface area contributed by atoms with Gasteiger partial charge in [-0.25, -0.2) is 14.6 Å². The van der Waals surface area contributed by atoms with E-state index < -0.39 is 6.10 Å². The van der Waals surface area contributed by atoms with Crippen LogP contribution in [0.5, 0.6) is 6.01 Å². The molecule has 4 aromatic heterocycles. The fraction of sp³-hybridized carbons (Fsp3) is 0.240.